The molecular weight excluding hydrogens is 462 g/mol. The molecule has 1 amide bonds. The number of benzene rings is 1. The molecule has 0 radical (unpaired) electrons. The van der Waals surface area contributed by atoms with E-state index in [9.17, 15) is 9.90 Å². The van der Waals surface area contributed by atoms with Crippen LogP contribution in [0, 0.1) is 5.92 Å². The van der Waals surface area contributed by atoms with E-state index in [4.69, 9.17) is 0 Å². The van der Waals surface area contributed by atoms with Gasteiger partial charge in [-0.25, -0.2) is 9.97 Å². The summed E-state index contributed by atoms with van der Waals surface area (Å²) >= 11 is 1.66. The fraction of sp³-hybridized carbons (Fsp3) is 0.440. The molecule has 3 heterocycles. The molecular formula is C25H31N7O2S. The summed E-state index contributed by atoms with van der Waals surface area (Å²) in [6.45, 7) is 4.05. The van der Waals surface area contributed by atoms with Gasteiger partial charge in [0.15, 0.2) is 0 Å². The van der Waals surface area contributed by atoms with Crippen molar-refractivity contribution in [2.24, 2.45) is 5.92 Å². The quantitative estimate of drug-likeness (QED) is 0.376. The Morgan fingerprint density at radius 3 is 2.83 bits per heavy atom. The normalized spacial score (nSPS) is 15.9. The van der Waals surface area contributed by atoms with Gasteiger partial charge < -0.3 is 20.2 Å². The maximum Gasteiger partial charge on any atom is 0.225 e. The minimum Gasteiger partial charge on any atom is -0.389 e. The van der Waals surface area contributed by atoms with Gasteiger partial charge in [0.05, 0.1) is 34.1 Å². The van der Waals surface area contributed by atoms with Crippen molar-refractivity contribution in [2.45, 2.75) is 38.7 Å². The summed E-state index contributed by atoms with van der Waals surface area (Å²) in [4.78, 5) is 27.6. The summed E-state index contributed by atoms with van der Waals surface area (Å²) in [7, 11) is 5.60. The van der Waals surface area contributed by atoms with Crippen LogP contribution in [-0.2, 0) is 17.6 Å². The summed E-state index contributed by atoms with van der Waals surface area (Å²) in [5.74, 6) is 0.955. The zero-order chi connectivity index (χ0) is 24.9. The van der Waals surface area contributed by atoms with Crippen molar-refractivity contribution in [3.63, 3.8) is 0 Å². The number of H-pyrrole nitrogens is 1. The topological polar surface area (TPSA) is 110 Å². The Kier molecular flexibility index (Phi) is 5.88. The highest BCUT2D eigenvalue weighted by atomic mass is 32.1. The predicted molar refractivity (Wildman–Crippen MR) is 141 cm³/mol. The first-order valence-electron chi connectivity index (χ1n) is 11.7. The van der Waals surface area contributed by atoms with Gasteiger partial charge in [0.25, 0.3) is 0 Å². The number of aromatic amines is 1. The number of rotatable bonds is 6. The molecule has 35 heavy (non-hydrogen) atoms. The van der Waals surface area contributed by atoms with Crippen LogP contribution in [0.15, 0.2) is 24.7 Å². The summed E-state index contributed by atoms with van der Waals surface area (Å²) in [5, 5.41) is 23.2. The number of nitrogens with one attached hydrogen (secondary N) is 2. The molecule has 10 heteroatoms. The SMILES string of the molecule is CN(C)C(=O)[C@H]1CCc2c(sc3ncnc(Nc4cc5cn[nH]c5cc4N(C)CC(C)(C)O)c23)C1. The third-order valence-corrected chi connectivity index (χ3v) is 7.64. The number of likely N-dealkylation sites (N-methyl/N-ethyl adjacent to an activating group) is 1. The molecule has 4 aromatic rings. The fourth-order valence-electron chi connectivity index (χ4n) is 4.97. The summed E-state index contributed by atoms with van der Waals surface area (Å²) in [6.07, 6.45) is 5.78. The van der Waals surface area contributed by atoms with Gasteiger partial charge in [-0.2, -0.15) is 5.10 Å². The van der Waals surface area contributed by atoms with Crippen LogP contribution >= 0.6 is 11.3 Å². The van der Waals surface area contributed by atoms with Gasteiger partial charge in [0, 0.05) is 43.9 Å². The van der Waals surface area contributed by atoms with Crippen molar-refractivity contribution in [2.75, 3.05) is 37.9 Å². The lowest BCUT2D eigenvalue weighted by Crippen LogP contribution is -2.36. The average molecular weight is 494 g/mol. The Morgan fingerprint density at radius 1 is 1.29 bits per heavy atom. The second-order valence-electron chi connectivity index (χ2n) is 10.2. The maximum absolute atomic E-state index is 12.6. The molecule has 1 atom stereocenters. The Labute approximate surface area is 208 Å². The first kappa shape index (κ1) is 23.5. The molecule has 9 nitrogen and oxygen atoms in total. The smallest absolute Gasteiger partial charge is 0.225 e. The maximum atomic E-state index is 12.6. The van der Waals surface area contributed by atoms with E-state index in [1.54, 1.807) is 42.6 Å². The third-order valence-electron chi connectivity index (χ3n) is 6.48. The molecule has 0 unspecified atom stereocenters. The van der Waals surface area contributed by atoms with Crippen molar-refractivity contribution in [1.82, 2.24) is 25.1 Å². The Hall–Kier alpha value is -3.24. The van der Waals surface area contributed by atoms with Gasteiger partial charge in [-0.15, -0.1) is 11.3 Å². The lowest BCUT2D eigenvalue weighted by molar-refractivity contribution is -0.133. The third kappa shape index (κ3) is 4.55. The van der Waals surface area contributed by atoms with Crippen molar-refractivity contribution in [3.05, 3.63) is 35.1 Å². The number of aromatic nitrogens is 4. The van der Waals surface area contributed by atoms with E-state index in [-0.39, 0.29) is 11.8 Å². The molecule has 0 fully saturated rings. The first-order chi connectivity index (χ1) is 16.6. The van der Waals surface area contributed by atoms with Gasteiger partial charge in [-0.1, -0.05) is 0 Å². The molecule has 3 N–H and O–H groups in total. The number of hydrogen-bond donors (Lipinski definition) is 3. The molecule has 3 aromatic heterocycles. The molecule has 184 valence electrons. The van der Waals surface area contributed by atoms with Gasteiger partial charge >= 0.3 is 0 Å². The lowest BCUT2D eigenvalue weighted by Gasteiger charge is -2.29. The highest BCUT2D eigenvalue weighted by molar-refractivity contribution is 7.19. The zero-order valence-corrected chi connectivity index (χ0v) is 21.5. The number of thiophene rings is 1. The predicted octanol–water partition coefficient (Wildman–Crippen LogP) is 3.71. The lowest BCUT2D eigenvalue weighted by atomic mass is 9.87. The average Bonchev–Trinajstić information content (AvgIpc) is 3.40. The molecule has 0 aliphatic heterocycles. The first-order valence-corrected chi connectivity index (χ1v) is 12.6. The standard InChI is InChI=1S/C25H31N7O2S/c1-25(2,34)12-32(5)19-10-17-15(11-28-30-17)8-18(19)29-22-21-16-7-6-14(24(33)31(3)4)9-20(16)35-23(21)27-13-26-22/h8,10-11,13-14,34H,6-7,9,12H2,1-5H3,(H,28,30)(H,26,27,29)/t14-/m0/s1. The van der Waals surface area contributed by atoms with Crippen LogP contribution in [-0.4, -0.2) is 69.4 Å². The van der Waals surface area contributed by atoms with E-state index in [0.717, 1.165) is 57.6 Å². The second-order valence-corrected chi connectivity index (χ2v) is 11.3. The Morgan fingerprint density at radius 2 is 2.09 bits per heavy atom. The van der Waals surface area contributed by atoms with Crippen molar-refractivity contribution in [3.8, 4) is 0 Å². The van der Waals surface area contributed by atoms with E-state index in [1.807, 2.05) is 38.2 Å². The molecule has 0 bridgehead atoms. The number of aliphatic hydroxyl groups is 1. The summed E-state index contributed by atoms with van der Waals surface area (Å²) in [6, 6.07) is 4.09. The number of carbonyl (C=O) groups is 1. The van der Waals surface area contributed by atoms with E-state index >= 15 is 0 Å². The van der Waals surface area contributed by atoms with Crippen molar-refractivity contribution in [1.29, 1.82) is 0 Å². The number of aryl methyl sites for hydroxylation is 1. The zero-order valence-electron chi connectivity index (χ0n) is 20.7. The molecule has 1 aliphatic rings. The van der Waals surface area contributed by atoms with Crippen LogP contribution < -0.4 is 10.2 Å². The van der Waals surface area contributed by atoms with Crippen LogP contribution in [0.25, 0.3) is 21.1 Å². The number of fused-ring (bicyclic) bond motifs is 4. The molecule has 1 aromatic carbocycles. The van der Waals surface area contributed by atoms with Gasteiger partial charge in [-0.3, -0.25) is 9.89 Å². The Bertz CT molecular complexity index is 1400. The summed E-state index contributed by atoms with van der Waals surface area (Å²) in [5.41, 5.74) is 3.11. The number of nitrogens with zero attached hydrogens (tertiary/aromatic N) is 5. The van der Waals surface area contributed by atoms with E-state index < -0.39 is 5.60 Å². The molecule has 0 saturated carbocycles. The largest absolute Gasteiger partial charge is 0.389 e. The minimum atomic E-state index is -0.857. The van der Waals surface area contributed by atoms with Gasteiger partial charge in [0.1, 0.15) is 17.0 Å². The van der Waals surface area contributed by atoms with Crippen molar-refractivity contribution < 1.29 is 9.90 Å². The highest BCUT2D eigenvalue weighted by Gasteiger charge is 2.30. The van der Waals surface area contributed by atoms with Gasteiger partial charge in [0.2, 0.25) is 5.91 Å². The Balaban J connectivity index is 1.55. The highest BCUT2D eigenvalue weighted by Crippen LogP contribution is 2.42. The number of carbonyl (C=O) groups excluding carboxylic acids is 1. The van der Waals surface area contributed by atoms with Crippen LogP contribution in [0.3, 0.4) is 0 Å². The number of amides is 1. The monoisotopic (exact) mass is 493 g/mol. The number of anilines is 3. The molecule has 5 rings (SSSR count). The van der Waals surface area contributed by atoms with Crippen LogP contribution in [0.4, 0.5) is 17.2 Å². The summed E-state index contributed by atoms with van der Waals surface area (Å²) < 4.78 is 0. The van der Waals surface area contributed by atoms with E-state index in [0.29, 0.717) is 6.54 Å². The van der Waals surface area contributed by atoms with Crippen molar-refractivity contribution >= 4 is 55.6 Å². The second kappa shape index (κ2) is 8.76. The van der Waals surface area contributed by atoms with Gasteiger partial charge in [-0.05, 0) is 50.8 Å². The van der Waals surface area contributed by atoms with Crippen LogP contribution in [0.1, 0.15) is 30.7 Å². The fourth-order valence-corrected chi connectivity index (χ4v) is 6.24. The molecule has 0 saturated heterocycles. The van der Waals surface area contributed by atoms with E-state index in [1.165, 1.54) is 10.4 Å². The molecule has 1 aliphatic carbocycles. The number of hydrogen-bond acceptors (Lipinski definition) is 8. The van der Waals surface area contributed by atoms with Crippen LogP contribution in [0.5, 0.6) is 0 Å². The van der Waals surface area contributed by atoms with E-state index in [2.05, 4.69) is 25.5 Å². The minimum absolute atomic E-state index is 0.0144. The molecule has 0 spiro atoms. The van der Waals surface area contributed by atoms with Crippen LogP contribution in [0.2, 0.25) is 0 Å².